The Morgan fingerprint density at radius 2 is 2.17 bits per heavy atom. The summed E-state index contributed by atoms with van der Waals surface area (Å²) >= 11 is 9.76. The van der Waals surface area contributed by atoms with Gasteiger partial charge >= 0.3 is 0 Å². The summed E-state index contributed by atoms with van der Waals surface area (Å²) in [4.78, 5) is 17.7. The van der Waals surface area contributed by atoms with E-state index in [9.17, 15) is 4.79 Å². The van der Waals surface area contributed by atoms with Gasteiger partial charge in [-0.15, -0.1) is 0 Å². The van der Waals surface area contributed by atoms with Crippen molar-refractivity contribution >= 4 is 51.8 Å². The van der Waals surface area contributed by atoms with Crippen LogP contribution in [0.5, 0.6) is 0 Å². The van der Waals surface area contributed by atoms with Crippen LogP contribution in [0.2, 0.25) is 0 Å². The molecule has 0 saturated heterocycles. The molecule has 1 aromatic heterocycles. The largest absolute Gasteiger partial charge is 0.388 e. The van der Waals surface area contributed by atoms with Crippen molar-refractivity contribution in [1.82, 2.24) is 15.3 Å². The fraction of sp³-hybridized carbons (Fsp3) is 0.125. The number of thiocarbonyl (C=S) groups is 2. The van der Waals surface area contributed by atoms with Crippen LogP contribution >= 0.6 is 24.4 Å². The number of hydrazone groups is 1. The lowest BCUT2D eigenvalue weighted by molar-refractivity contribution is 0.0997. The van der Waals surface area contributed by atoms with Crippen LogP contribution in [0.25, 0.3) is 0 Å². The average molecular weight is 285 g/mol. The Labute approximate surface area is 113 Å². The van der Waals surface area contributed by atoms with Crippen molar-refractivity contribution in [3.05, 3.63) is 12.0 Å². The highest BCUT2D eigenvalue weighted by Crippen LogP contribution is 2.08. The fourth-order valence-electron chi connectivity index (χ4n) is 1.01. The predicted octanol–water partition coefficient (Wildman–Crippen LogP) is -0.891. The second-order valence-corrected chi connectivity index (χ2v) is 3.85. The number of H-pyrrole nitrogens is 1. The zero-order valence-electron chi connectivity index (χ0n) is 9.35. The monoisotopic (exact) mass is 285 g/mol. The molecule has 0 aromatic carbocycles. The lowest BCUT2D eigenvalue weighted by atomic mass is 10.4. The standard InChI is InChI=1S/C8H11N7OS2/c1-11-8(18)4(6(10)17)14-15-7-3(5(9)16)12-2-13-7/h2,15H,1H3,(H2,9,16)(H2,10,17)(H,11,18)(H,12,13)/b14-4+. The summed E-state index contributed by atoms with van der Waals surface area (Å²) in [7, 11) is 1.61. The summed E-state index contributed by atoms with van der Waals surface area (Å²) in [5, 5.41) is 6.57. The van der Waals surface area contributed by atoms with E-state index in [4.69, 9.17) is 35.9 Å². The number of nitrogens with zero attached hydrogens (tertiary/aromatic N) is 2. The molecule has 0 atom stereocenters. The van der Waals surface area contributed by atoms with Crippen molar-refractivity contribution in [1.29, 1.82) is 0 Å². The lowest BCUT2D eigenvalue weighted by Gasteiger charge is -2.06. The van der Waals surface area contributed by atoms with Crippen LogP contribution in [0.3, 0.4) is 0 Å². The zero-order chi connectivity index (χ0) is 13.7. The van der Waals surface area contributed by atoms with Crippen molar-refractivity contribution in [3.8, 4) is 0 Å². The zero-order valence-corrected chi connectivity index (χ0v) is 11.0. The summed E-state index contributed by atoms with van der Waals surface area (Å²) < 4.78 is 0. The van der Waals surface area contributed by atoms with Gasteiger partial charge in [-0.1, -0.05) is 24.4 Å². The molecule has 0 aliphatic heterocycles. The minimum Gasteiger partial charge on any atom is -0.388 e. The number of aromatic nitrogens is 2. The highest BCUT2D eigenvalue weighted by Gasteiger charge is 2.12. The quantitative estimate of drug-likeness (QED) is 0.269. The Morgan fingerprint density at radius 1 is 1.50 bits per heavy atom. The number of hydrogen-bond acceptors (Lipinski definition) is 6. The lowest BCUT2D eigenvalue weighted by Crippen LogP contribution is -2.36. The van der Waals surface area contributed by atoms with E-state index >= 15 is 0 Å². The molecule has 1 amide bonds. The van der Waals surface area contributed by atoms with Crippen LogP contribution < -0.4 is 22.2 Å². The van der Waals surface area contributed by atoms with E-state index in [0.717, 1.165) is 0 Å². The minimum absolute atomic E-state index is 0.0120. The summed E-state index contributed by atoms with van der Waals surface area (Å²) in [5.41, 5.74) is 13.4. The Balaban J connectivity index is 2.95. The van der Waals surface area contributed by atoms with Gasteiger partial charge in [0, 0.05) is 7.05 Å². The summed E-state index contributed by atoms with van der Waals surface area (Å²) in [6.45, 7) is 0. The van der Waals surface area contributed by atoms with Crippen LogP contribution in [0, 0.1) is 0 Å². The highest BCUT2D eigenvalue weighted by molar-refractivity contribution is 7.85. The molecule has 0 bridgehead atoms. The molecule has 0 aliphatic rings. The van der Waals surface area contributed by atoms with E-state index in [1.807, 2.05) is 0 Å². The van der Waals surface area contributed by atoms with Gasteiger partial charge in [0.1, 0.15) is 15.7 Å². The third kappa shape index (κ3) is 3.21. The van der Waals surface area contributed by atoms with Crippen molar-refractivity contribution in [2.24, 2.45) is 16.6 Å². The Bertz CT molecular complexity index is 521. The molecule has 10 heteroatoms. The first-order chi connectivity index (χ1) is 8.47. The molecule has 0 fully saturated rings. The molecule has 1 heterocycles. The number of carbonyl (C=O) groups excluding carboxylic acids is 1. The van der Waals surface area contributed by atoms with Crippen molar-refractivity contribution < 1.29 is 4.79 Å². The molecule has 0 radical (unpaired) electrons. The number of aromatic amines is 1. The number of carbonyl (C=O) groups is 1. The van der Waals surface area contributed by atoms with E-state index < -0.39 is 5.91 Å². The number of anilines is 1. The summed E-state index contributed by atoms with van der Waals surface area (Å²) in [5.74, 6) is -0.506. The van der Waals surface area contributed by atoms with Gasteiger partial charge in [-0.25, -0.2) is 4.98 Å². The number of rotatable bonds is 5. The van der Waals surface area contributed by atoms with Gasteiger partial charge in [0.05, 0.1) is 6.33 Å². The number of amides is 1. The first-order valence-electron chi connectivity index (χ1n) is 4.66. The minimum atomic E-state index is -0.668. The molecule has 1 aromatic rings. The molecule has 8 nitrogen and oxygen atoms in total. The summed E-state index contributed by atoms with van der Waals surface area (Å²) in [6, 6.07) is 0. The summed E-state index contributed by atoms with van der Waals surface area (Å²) in [6.07, 6.45) is 1.30. The number of nitrogens with one attached hydrogen (secondary N) is 3. The normalized spacial score (nSPS) is 10.8. The first kappa shape index (κ1) is 14.0. The topological polar surface area (TPSA) is 134 Å². The molecule has 96 valence electrons. The van der Waals surface area contributed by atoms with Crippen molar-refractivity contribution in [3.63, 3.8) is 0 Å². The number of imidazole rings is 1. The van der Waals surface area contributed by atoms with Crippen LogP contribution in [0.1, 0.15) is 10.5 Å². The average Bonchev–Trinajstić information content (AvgIpc) is 2.76. The highest BCUT2D eigenvalue weighted by atomic mass is 32.1. The van der Waals surface area contributed by atoms with E-state index in [-0.39, 0.29) is 27.2 Å². The van der Waals surface area contributed by atoms with Crippen LogP contribution in [-0.2, 0) is 0 Å². The SMILES string of the molecule is CNC(=S)/C(=N/Nc1nc[nH]c1C(N)=O)C(N)=S. The number of primary amides is 1. The first-order valence-corrected chi connectivity index (χ1v) is 5.47. The molecule has 1 rings (SSSR count). The van der Waals surface area contributed by atoms with Crippen LogP contribution in [0.15, 0.2) is 11.4 Å². The molecule has 7 N–H and O–H groups in total. The van der Waals surface area contributed by atoms with E-state index in [0.29, 0.717) is 0 Å². The molecule has 0 unspecified atom stereocenters. The van der Waals surface area contributed by atoms with Gasteiger partial charge in [-0.2, -0.15) is 5.10 Å². The molecule has 0 spiro atoms. The molecular formula is C8H11N7OS2. The van der Waals surface area contributed by atoms with E-state index in [1.165, 1.54) is 6.33 Å². The molecule has 0 aliphatic carbocycles. The maximum atomic E-state index is 11.0. The Morgan fingerprint density at radius 3 is 2.67 bits per heavy atom. The van der Waals surface area contributed by atoms with Gasteiger partial charge in [0.2, 0.25) is 0 Å². The van der Waals surface area contributed by atoms with E-state index in [2.05, 4.69) is 25.8 Å². The predicted molar refractivity (Wildman–Crippen MR) is 76.6 cm³/mol. The van der Waals surface area contributed by atoms with Gasteiger partial charge < -0.3 is 21.8 Å². The molecule has 0 saturated carbocycles. The molecular weight excluding hydrogens is 274 g/mol. The van der Waals surface area contributed by atoms with Crippen molar-refractivity contribution in [2.75, 3.05) is 12.5 Å². The third-order valence-electron chi connectivity index (χ3n) is 1.83. The Hall–Kier alpha value is -2.07. The van der Waals surface area contributed by atoms with Gasteiger partial charge in [0.25, 0.3) is 5.91 Å². The Kier molecular flexibility index (Phi) is 4.68. The number of nitrogens with two attached hydrogens (primary N) is 2. The van der Waals surface area contributed by atoms with E-state index in [1.54, 1.807) is 7.05 Å². The third-order valence-corrected chi connectivity index (χ3v) is 2.43. The maximum absolute atomic E-state index is 11.0. The second-order valence-electron chi connectivity index (χ2n) is 3.01. The van der Waals surface area contributed by atoms with Gasteiger partial charge in [0.15, 0.2) is 11.5 Å². The van der Waals surface area contributed by atoms with Crippen molar-refractivity contribution in [2.45, 2.75) is 0 Å². The maximum Gasteiger partial charge on any atom is 0.269 e. The van der Waals surface area contributed by atoms with Gasteiger partial charge in [-0.3, -0.25) is 10.2 Å². The molecule has 18 heavy (non-hydrogen) atoms. The van der Waals surface area contributed by atoms with Crippen LogP contribution in [-0.4, -0.2) is 38.6 Å². The second kappa shape index (κ2) is 6.02. The fourth-order valence-corrected chi connectivity index (χ4v) is 1.38. The van der Waals surface area contributed by atoms with Gasteiger partial charge in [-0.05, 0) is 0 Å². The smallest absolute Gasteiger partial charge is 0.269 e. The number of hydrogen-bond donors (Lipinski definition) is 5. The van der Waals surface area contributed by atoms with Crippen LogP contribution in [0.4, 0.5) is 5.82 Å².